The maximum Gasteiger partial charge on any atom is 0.252 e. The van der Waals surface area contributed by atoms with Gasteiger partial charge in [0.05, 0.1) is 0 Å². The fourth-order valence-corrected chi connectivity index (χ4v) is 2.86. The molecular formula is C19H20N2O2. The zero-order valence-electron chi connectivity index (χ0n) is 12.9. The van der Waals surface area contributed by atoms with E-state index in [4.69, 9.17) is 0 Å². The molecule has 0 aromatic heterocycles. The number of rotatable bonds is 4. The topological polar surface area (TPSA) is 49.4 Å². The zero-order valence-corrected chi connectivity index (χ0v) is 12.9. The van der Waals surface area contributed by atoms with Crippen molar-refractivity contribution in [2.45, 2.75) is 18.9 Å². The second-order valence-corrected chi connectivity index (χ2v) is 5.72. The van der Waals surface area contributed by atoms with Crippen LogP contribution in [-0.2, 0) is 4.79 Å². The summed E-state index contributed by atoms with van der Waals surface area (Å²) in [6, 6.07) is 17.8. The molecule has 0 aliphatic carbocycles. The minimum absolute atomic E-state index is 0.0296. The van der Waals surface area contributed by atoms with E-state index < -0.39 is 6.04 Å². The molecule has 1 aliphatic rings. The summed E-state index contributed by atoms with van der Waals surface area (Å²) in [6.07, 6.45) is 2.06. The van der Waals surface area contributed by atoms with Crippen LogP contribution >= 0.6 is 0 Å². The number of benzene rings is 2. The molecule has 118 valence electrons. The molecular weight excluding hydrogens is 288 g/mol. The highest BCUT2D eigenvalue weighted by molar-refractivity contribution is 5.97. The second kappa shape index (κ2) is 7.09. The Morgan fingerprint density at radius 2 is 1.43 bits per heavy atom. The quantitative estimate of drug-likeness (QED) is 0.944. The minimum atomic E-state index is -0.637. The highest BCUT2D eigenvalue weighted by atomic mass is 16.2. The molecule has 2 amide bonds. The summed E-state index contributed by atoms with van der Waals surface area (Å²) >= 11 is 0. The van der Waals surface area contributed by atoms with Gasteiger partial charge in [0.1, 0.15) is 6.04 Å². The number of hydrogen-bond acceptors (Lipinski definition) is 2. The maximum atomic E-state index is 12.8. The first-order chi connectivity index (χ1) is 11.3. The van der Waals surface area contributed by atoms with Gasteiger partial charge in [0.15, 0.2) is 0 Å². The normalized spacial score (nSPS) is 15.2. The molecule has 4 nitrogen and oxygen atoms in total. The van der Waals surface area contributed by atoms with Gasteiger partial charge in [0, 0.05) is 18.7 Å². The maximum absolute atomic E-state index is 12.8. The van der Waals surface area contributed by atoms with Crippen LogP contribution in [0.2, 0.25) is 0 Å². The van der Waals surface area contributed by atoms with E-state index in [2.05, 4.69) is 5.32 Å². The van der Waals surface area contributed by atoms with E-state index in [9.17, 15) is 9.59 Å². The van der Waals surface area contributed by atoms with Crippen LogP contribution in [0.25, 0.3) is 0 Å². The first-order valence-electron chi connectivity index (χ1n) is 7.95. The Morgan fingerprint density at radius 1 is 0.870 bits per heavy atom. The highest BCUT2D eigenvalue weighted by Crippen LogP contribution is 2.20. The lowest BCUT2D eigenvalue weighted by Gasteiger charge is -2.24. The minimum Gasteiger partial charge on any atom is -0.341 e. The van der Waals surface area contributed by atoms with E-state index in [1.807, 2.05) is 53.4 Å². The third kappa shape index (κ3) is 3.59. The van der Waals surface area contributed by atoms with Gasteiger partial charge in [-0.05, 0) is 30.5 Å². The largest absolute Gasteiger partial charge is 0.341 e. The molecule has 4 heteroatoms. The van der Waals surface area contributed by atoms with Crippen LogP contribution in [0, 0.1) is 0 Å². The van der Waals surface area contributed by atoms with E-state index in [-0.39, 0.29) is 11.8 Å². The molecule has 0 bridgehead atoms. The van der Waals surface area contributed by atoms with Gasteiger partial charge in [-0.15, -0.1) is 0 Å². The summed E-state index contributed by atoms with van der Waals surface area (Å²) < 4.78 is 0. The lowest BCUT2D eigenvalue weighted by atomic mass is 10.0. The molecule has 2 aromatic rings. The third-order valence-electron chi connectivity index (χ3n) is 4.11. The Balaban J connectivity index is 1.83. The molecule has 0 saturated carbocycles. The molecule has 1 fully saturated rings. The second-order valence-electron chi connectivity index (χ2n) is 5.72. The van der Waals surface area contributed by atoms with Crippen molar-refractivity contribution in [1.29, 1.82) is 0 Å². The number of hydrogen-bond donors (Lipinski definition) is 1. The third-order valence-corrected chi connectivity index (χ3v) is 4.11. The van der Waals surface area contributed by atoms with Gasteiger partial charge < -0.3 is 10.2 Å². The van der Waals surface area contributed by atoms with E-state index in [0.717, 1.165) is 31.5 Å². The Labute approximate surface area is 136 Å². The lowest BCUT2D eigenvalue weighted by Crippen LogP contribution is -2.41. The predicted molar refractivity (Wildman–Crippen MR) is 88.9 cm³/mol. The van der Waals surface area contributed by atoms with E-state index in [1.54, 1.807) is 12.1 Å². The van der Waals surface area contributed by atoms with Crippen LogP contribution in [0.4, 0.5) is 0 Å². The van der Waals surface area contributed by atoms with Crippen molar-refractivity contribution in [3.05, 3.63) is 71.8 Å². The van der Waals surface area contributed by atoms with Gasteiger partial charge >= 0.3 is 0 Å². The Kier molecular flexibility index (Phi) is 4.71. The molecule has 1 atom stereocenters. The fourth-order valence-electron chi connectivity index (χ4n) is 2.86. The summed E-state index contributed by atoms with van der Waals surface area (Å²) in [6.45, 7) is 1.53. The number of likely N-dealkylation sites (tertiary alicyclic amines) is 1. The van der Waals surface area contributed by atoms with Crippen LogP contribution < -0.4 is 5.32 Å². The van der Waals surface area contributed by atoms with Crippen molar-refractivity contribution in [2.75, 3.05) is 13.1 Å². The Bertz CT molecular complexity index is 664. The van der Waals surface area contributed by atoms with Crippen LogP contribution in [0.15, 0.2) is 60.7 Å². The zero-order chi connectivity index (χ0) is 16.1. The molecule has 2 aromatic carbocycles. The first-order valence-corrected chi connectivity index (χ1v) is 7.95. The van der Waals surface area contributed by atoms with Crippen LogP contribution in [-0.4, -0.2) is 29.8 Å². The van der Waals surface area contributed by atoms with Gasteiger partial charge in [-0.3, -0.25) is 9.59 Å². The molecule has 1 heterocycles. The molecule has 0 spiro atoms. The summed E-state index contributed by atoms with van der Waals surface area (Å²) in [5.41, 5.74) is 1.37. The van der Waals surface area contributed by atoms with Crippen molar-refractivity contribution >= 4 is 11.8 Å². The number of nitrogens with one attached hydrogen (secondary N) is 1. The SMILES string of the molecule is O=C(N[C@H](C(=O)N1CCCC1)c1ccccc1)c1ccccc1. The van der Waals surface area contributed by atoms with Crippen LogP contribution in [0.5, 0.6) is 0 Å². The van der Waals surface area contributed by atoms with Gasteiger partial charge in [0.25, 0.3) is 5.91 Å². The average Bonchev–Trinajstić information content (AvgIpc) is 3.15. The Morgan fingerprint density at radius 3 is 2.04 bits per heavy atom. The summed E-state index contributed by atoms with van der Waals surface area (Å²) in [5, 5.41) is 2.90. The van der Waals surface area contributed by atoms with E-state index >= 15 is 0 Å². The molecule has 0 unspecified atom stereocenters. The first kappa shape index (κ1) is 15.3. The van der Waals surface area contributed by atoms with E-state index in [0.29, 0.717) is 5.56 Å². The number of nitrogens with zero attached hydrogens (tertiary/aromatic N) is 1. The molecule has 23 heavy (non-hydrogen) atoms. The number of amides is 2. The Hall–Kier alpha value is -2.62. The number of carbonyl (C=O) groups excluding carboxylic acids is 2. The van der Waals surface area contributed by atoms with Crippen molar-refractivity contribution in [1.82, 2.24) is 10.2 Å². The summed E-state index contributed by atoms with van der Waals surface area (Å²) in [5.74, 6) is -0.259. The monoisotopic (exact) mass is 308 g/mol. The van der Waals surface area contributed by atoms with Crippen molar-refractivity contribution in [3.63, 3.8) is 0 Å². The fraction of sp³-hybridized carbons (Fsp3) is 0.263. The predicted octanol–water partition coefficient (Wildman–Crippen LogP) is 2.78. The molecule has 1 N–H and O–H groups in total. The smallest absolute Gasteiger partial charge is 0.252 e. The van der Waals surface area contributed by atoms with Gasteiger partial charge in [0.2, 0.25) is 5.91 Å². The lowest BCUT2D eigenvalue weighted by molar-refractivity contribution is -0.132. The summed E-state index contributed by atoms with van der Waals surface area (Å²) in [4.78, 5) is 27.1. The van der Waals surface area contributed by atoms with Crippen molar-refractivity contribution in [2.24, 2.45) is 0 Å². The van der Waals surface area contributed by atoms with Crippen molar-refractivity contribution < 1.29 is 9.59 Å². The van der Waals surface area contributed by atoms with Gasteiger partial charge in [-0.2, -0.15) is 0 Å². The van der Waals surface area contributed by atoms with Gasteiger partial charge in [-0.25, -0.2) is 0 Å². The average molecular weight is 308 g/mol. The van der Waals surface area contributed by atoms with E-state index in [1.165, 1.54) is 0 Å². The standard InChI is InChI=1S/C19H20N2O2/c22-18(16-11-5-2-6-12-16)20-17(15-9-3-1-4-10-15)19(23)21-13-7-8-14-21/h1-6,9-12,17H,7-8,13-14H2,(H,20,22)/t17-/m0/s1. The van der Waals surface area contributed by atoms with Crippen LogP contribution in [0.3, 0.4) is 0 Å². The molecule has 1 aliphatic heterocycles. The van der Waals surface area contributed by atoms with Crippen molar-refractivity contribution in [3.8, 4) is 0 Å². The molecule has 0 radical (unpaired) electrons. The van der Waals surface area contributed by atoms with Crippen LogP contribution in [0.1, 0.15) is 34.8 Å². The molecule has 1 saturated heterocycles. The summed E-state index contributed by atoms with van der Waals surface area (Å²) in [7, 11) is 0. The highest BCUT2D eigenvalue weighted by Gasteiger charge is 2.29. The van der Waals surface area contributed by atoms with Gasteiger partial charge in [-0.1, -0.05) is 48.5 Å². The number of carbonyl (C=O) groups is 2. The molecule has 3 rings (SSSR count).